The number of nitrogens with one attached hydrogen (secondary N) is 7. The largest absolute Gasteiger partial charge is 0.465 e. The summed E-state index contributed by atoms with van der Waals surface area (Å²) in [6, 6.07) is 9.62. The number of ether oxygens (including phenoxy) is 3. The lowest BCUT2D eigenvalue weighted by Crippen LogP contribution is -2.48. The second-order valence-corrected chi connectivity index (χ2v) is 15.0. The topological polar surface area (TPSA) is 309 Å². The summed E-state index contributed by atoms with van der Waals surface area (Å²) >= 11 is 0. The molecule has 9 N–H and O–H groups in total. The summed E-state index contributed by atoms with van der Waals surface area (Å²) in [6.45, 7) is 16.2. The Morgan fingerprint density at radius 3 is 1.42 bits per heavy atom. The van der Waals surface area contributed by atoms with Gasteiger partial charge in [-0.3, -0.25) is 38.4 Å². The predicted molar refractivity (Wildman–Crippen MR) is 248 cm³/mol. The predicted octanol–water partition coefficient (Wildman–Crippen LogP) is 2.17. The molecule has 2 aliphatic rings. The van der Waals surface area contributed by atoms with Crippen LogP contribution >= 0.6 is 0 Å². The average molecular weight is 935 g/mol. The number of esters is 3. The number of amides is 7. The van der Waals surface area contributed by atoms with Crippen molar-refractivity contribution in [2.75, 3.05) is 67.3 Å². The van der Waals surface area contributed by atoms with Gasteiger partial charge >= 0.3 is 17.9 Å². The third-order valence-corrected chi connectivity index (χ3v) is 9.19. The van der Waals surface area contributed by atoms with Crippen molar-refractivity contribution < 1.29 is 62.2 Å². The van der Waals surface area contributed by atoms with Gasteiger partial charge < -0.3 is 57.2 Å². The molecule has 0 aliphatic carbocycles. The van der Waals surface area contributed by atoms with E-state index in [9.17, 15) is 47.9 Å². The van der Waals surface area contributed by atoms with Crippen molar-refractivity contribution >= 4 is 82.0 Å². The number of anilines is 4. The molecular formula is C46H62N8O13. The van der Waals surface area contributed by atoms with Gasteiger partial charge in [-0.05, 0) is 75.5 Å². The second kappa shape index (κ2) is 29.2. The van der Waals surface area contributed by atoms with Crippen molar-refractivity contribution in [3.8, 4) is 0 Å². The Morgan fingerprint density at radius 2 is 1.03 bits per heavy atom. The van der Waals surface area contributed by atoms with E-state index >= 15 is 0 Å². The maximum atomic E-state index is 12.8. The number of benzene rings is 2. The summed E-state index contributed by atoms with van der Waals surface area (Å²) < 4.78 is 14.6. The molecule has 0 fully saturated rings. The van der Waals surface area contributed by atoms with Crippen LogP contribution in [0.25, 0.3) is 0 Å². The van der Waals surface area contributed by atoms with E-state index < -0.39 is 59.3 Å². The summed E-state index contributed by atoms with van der Waals surface area (Å²) in [5, 5.41) is 17.8. The van der Waals surface area contributed by atoms with Gasteiger partial charge in [0.05, 0.1) is 32.5 Å². The van der Waals surface area contributed by atoms with E-state index in [0.29, 0.717) is 35.7 Å². The summed E-state index contributed by atoms with van der Waals surface area (Å²) in [4.78, 5) is 121. The molecule has 2 unspecified atom stereocenters. The van der Waals surface area contributed by atoms with Crippen molar-refractivity contribution in [3.05, 3.63) is 71.8 Å². The highest BCUT2D eigenvalue weighted by Crippen LogP contribution is 2.28. The summed E-state index contributed by atoms with van der Waals surface area (Å²) in [5.74, 6) is -10.1. The maximum absolute atomic E-state index is 12.8. The molecule has 2 aliphatic heterocycles. The molecule has 0 radical (unpaired) electrons. The minimum Gasteiger partial charge on any atom is -0.465 e. The van der Waals surface area contributed by atoms with Gasteiger partial charge in [-0.25, -0.2) is 9.59 Å². The van der Waals surface area contributed by atoms with Gasteiger partial charge in [0, 0.05) is 40.4 Å². The molecule has 0 bridgehead atoms. The first-order valence-electron chi connectivity index (χ1n) is 21.7. The van der Waals surface area contributed by atoms with Crippen molar-refractivity contribution in [1.29, 1.82) is 0 Å². The number of hydrogen-bond acceptors (Lipinski definition) is 14. The van der Waals surface area contributed by atoms with Crippen LogP contribution in [-0.2, 0) is 75.0 Å². The van der Waals surface area contributed by atoms with Crippen LogP contribution in [0.1, 0.15) is 71.4 Å². The molecule has 67 heavy (non-hydrogen) atoms. The fourth-order valence-electron chi connectivity index (χ4n) is 5.71. The van der Waals surface area contributed by atoms with Crippen LogP contribution in [0.15, 0.2) is 60.7 Å². The highest BCUT2D eigenvalue weighted by molar-refractivity contribution is 6.21. The third-order valence-electron chi connectivity index (χ3n) is 9.19. The fourth-order valence-corrected chi connectivity index (χ4v) is 5.71. The lowest BCUT2D eigenvalue weighted by Gasteiger charge is -2.17. The SMILES string of the molecule is C=C(C)C(=O)OCCNC(=O)C(C(=O)NCCCC)C(=O)Nc1ccc2c(c1)NC(=O)C2.C=C(C)C(=O)OCCNC(=O)C(C(=O)Nc1ccc2c(c1)NC(=O)C2)C(=O)OCC.CCCCN. The van der Waals surface area contributed by atoms with E-state index in [1.807, 2.05) is 6.92 Å². The van der Waals surface area contributed by atoms with E-state index in [0.717, 1.165) is 24.1 Å². The molecule has 4 rings (SSSR count). The summed E-state index contributed by atoms with van der Waals surface area (Å²) in [5.41, 5.74) is 8.90. The van der Waals surface area contributed by atoms with E-state index in [2.05, 4.69) is 57.3 Å². The van der Waals surface area contributed by atoms with Gasteiger partial charge in [-0.2, -0.15) is 0 Å². The molecule has 0 aromatic heterocycles. The van der Waals surface area contributed by atoms with Gasteiger partial charge in [0.25, 0.3) is 0 Å². The zero-order chi connectivity index (χ0) is 50.1. The van der Waals surface area contributed by atoms with Crippen LogP contribution in [0.3, 0.4) is 0 Å². The van der Waals surface area contributed by atoms with E-state index in [-0.39, 0.29) is 68.7 Å². The molecule has 21 heteroatoms. The number of carbonyl (C=O) groups is 10. The van der Waals surface area contributed by atoms with E-state index in [1.165, 1.54) is 32.8 Å². The van der Waals surface area contributed by atoms with E-state index in [1.54, 1.807) is 37.3 Å². The molecule has 2 heterocycles. The van der Waals surface area contributed by atoms with Crippen LogP contribution in [0.4, 0.5) is 22.7 Å². The van der Waals surface area contributed by atoms with Crippen molar-refractivity contribution in [1.82, 2.24) is 16.0 Å². The van der Waals surface area contributed by atoms with Crippen LogP contribution in [-0.4, -0.2) is 105 Å². The molecule has 364 valence electrons. The van der Waals surface area contributed by atoms with Gasteiger partial charge in [0.15, 0.2) is 5.92 Å². The fraction of sp³-hybridized carbons (Fsp3) is 0.435. The van der Waals surface area contributed by atoms with Crippen molar-refractivity contribution in [3.63, 3.8) is 0 Å². The second-order valence-electron chi connectivity index (χ2n) is 15.0. The lowest BCUT2D eigenvalue weighted by atomic mass is 10.1. The number of fused-ring (bicyclic) bond motifs is 2. The molecule has 21 nitrogen and oxygen atoms in total. The number of rotatable bonds is 22. The number of hydrogen-bond donors (Lipinski definition) is 8. The Hall–Kier alpha value is -7.42. The Kier molecular flexibility index (Phi) is 24.3. The Morgan fingerprint density at radius 1 is 0.612 bits per heavy atom. The van der Waals surface area contributed by atoms with Gasteiger partial charge in [0.1, 0.15) is 13.2 Å². The molecule has 7 amide bonds. The first kappa shape index (κ1) is 55.7. The number of nitrogens with two attached hydrogens (primary N) is 1. The number of unbranched alkanes of at least 4 members (excludes halogenated alkanes) is 2. The standard InChI is InChI=1S/C22H28N4O6.C20H23N3O7.C4H11N/c1-4-5-8-23-19(28)18(20(29)24-9-10-32-22(31)13(2)3)21(30)25-15-7-6-14-11-17(27)26-16(14)12-15;1-4-29-20(28)16(17(25)21-7-8-30-19(27)11(2)3)18(26)22-13-6-5-12-9-15(24)23-14(12)10-13;1-2-3-4-5/h6-7,12,18H,2,4-5,8-11H2,1,3H3,(H,23,28)(H,24,29)(H,25,30)(H,26,27);5-6,10,16H,2,4,7-9H2,1,3H3,(H,21,25)(H,22,26)(H,23,24);2-5H2,1H3. The summed E-state index contributed by atoms with van der Waals surface area (Å²) in [7, 11) is 0. The normalized spacial score (nSPS) is 12.4. The van der Waals surface area contributed by atoms with Crippen LogP contribution in [0.5, 0.6) is 0 Å². The monoisotopic (exact) mass is 934 g/mol. The Balaban J connectivity index is 0.000000418. The molecule has 2 atom stereocenters. The van der Waals surface area contributed by atoms with Crippen molar-refractivity contribution in [2.45, 2.75) is 73.1 Å². The lowest BCUT2D eigenvalue weighted by molar-refractivity contribution is -0.155. The minimum atomic E-state index is -1.76. The highest BCUT2D eigenvalue weighted by atomic mass is 16.5. The first-order chi connectivity index (χ1) is 31.9. The Bertz CT molecular complexity index is 2170. The molecular weight excluding hydrogens is 873 g/mol. The van der Waals surface area contributed by atoms with Crippen molar-refractivity contribution in [2.24, 2.45) is 17.6 Å². The maximum Gasteiger partial charge on any atom is 0.333 e. The summed E-state index contributed by atoms with van der Waals surface area (Å²) in [6.07, 6.45) is 4.41. The van der Waals surface area contributed by atoms with Crippen LogP contribution in [0, 0.1) is 11.8 Å². The van der Waals surface area contributed by atoms with Gasteiger partial charge in [0.2, 0.25) is 47.3 Å². The number of carbonyl (C=O) groups excluding carboxylic acids is 10. The third kappa shape index (κ3) is 19.3. The van der Waals surface area contributed by atoms with Gasteiger partial charge in [-0.1, -0.05) is 52.0 Å². The highest BCUT2D eigenvalue weighted by Gasteiger charge is 2.36. The molecule has 0 saturated heterocycles. The Labute approximate surface area is 389 Å². The molecule has 2 aromatic carbocycles. The molecule has 0 spiro atoms. The molecule has 0 saturated carbocycles. The smallest absolute Gasteiger partial charge is 0.333 e. The zero-order valence-corrected chi connectivity index (χ0v) is 38.6. The van der Waals surface area contributed by atoms with Crippen LogP contribution in [0.2, 0.25) is 0 Å². The first-order valence-corrected chi connectivity index (χ1v) is 21.7. The zero-order valence-electron chi connectivity index (χ0n) is 38.6. The van der Waals surface area contributed by atoms with E-state index in [4.69, 9.17) is 19.9 Å². The minimum absolute atomic E-state index is 0.0169. The quantitative estimate of drug-likeness (QED) is 0.0276. The van der Waals surface area contributed by atoms with Crippen LogP contribution < -0.4 is 43.0 Å². The molecule has 2 aromatic rings. The van der Waals surface area contributed by atoms with Gasteiger partial charge in [-0.15, -0.1) is 0 Å². The average Bonchev–Trinajstić information content (AvgIpc) is 3.84.